The Morgan fingerprint density at radius 1 is 1.18 bits per heavy atom. The SMILES string of the molecule is FC(F)(F)OC1CC[CH]CC1. The highest BCUT2D eigenvalue weighted by molar-refractivity contribution is 4.76. The lowest BCUT2D eigenvalue weighted by Gasteiger charge is -2.22. The van der Waals surface area contributed by atoms with Gasteiger partial charge in [-0.05, 0) is 32.1 Å². The largest absolute Gasteiger partial charge is 0.522 e. The normalized spacial score (nSPS) is 22.1. The maximum absolute atomic E-state index is 11.6. The number of rotatable bonds is 1. The van der Waals surface area contributed by atoms with Gasteiger partial charge >= 0.3 is 6.36 Å². The smallest absolute Gasteiger partial charge is 0.289 e. The van der Waals surface area contributed by atoms with Gasteiger partial charge in [0.2, 0.25) is 0 Å². The summed E-state index contributed by atoms with van der Waals surface area (Å²) in [4.78, 5) is 0. The van der Waals surface area contributed by atoms with Crippen LogP contribution < -0.4 is 0 Å². The van der Waals surface area contributed by atoms with Gasteiger partial charge in [-0.25, -0.2) is 0 Å². The van der Waals surface area contributed by atoms with Crippen LogP contribution in [0.25, 0.3) is 0 Å². The van der Waals surface area contributed by atoms with Crippen molar-refractivity contribution in [1.82, 2.24) is 0 Å². The first-order valence-corrected chi connectivity index (χ1v) is 3.64. The van der Waals surface area contributed by atoms with Gasteiger partial charge in [0.05, 0.1) is 6.10 Å². The van der Waals surface area contributed by atoms with E-state index in [4.69, 9.17) is 0 Å². The standard InChI is InChI=1S/C7H10F3O/c8-7(9,10)11-6-4-2-1-3-5-6/h1,6H,2-5H2. The second-order valence-corrected chi connectivity index (χ2v) is 2.63. The van der Waals surface area contributed by atoms with Crippen LogP contribution in [0.5, 0.6) is 0 Å². The van der Waals surface area contributed by atoms with Gasteiger partial charge in [-0.1, -0.05) is 0 Å². The number of hydrogen-bond acceptors (Lipinski definition) is 1. The zero-order valence-electron chi connectivity index (χ0n) is 6.03. The maximum Gasteiger partial charge on any atom is 0.522 e. The third-order valence-corrected chi connectivity index (χ3v) is 1.69. The van der Waals surface area contributed by atoms with Gasteiger partial charge in [-0.3, -0.25) is 4.74 Å². The fraction of sp³-hybridized carbons (Fsp3) is 0.857. The van der Waals surface area contributed by atoms with Gasteiger partial charge in [-0.2, -0.15) is 0 Å². The molecule has 1 aliphatic rings. The molecule has 1 saturated carbocycles. The molecule has 1 nitrogen and oxygen atoms in total. The lowest BCUT2D eigenvalue weighted by atomic mass is 9.98. The molecule has 1 aliphatic carbocycles. The van der Waals surface area contributed by atoms with Gasteiger partial charge < -0.3 is 0 Å². The van der Waals surface area contributed by atoms with E-state index in [1.54, 1.807) is 0 Å². The average Bonchev–Trinajstić information content (AvgIpc) is 1.85. The highest BCUT2D eigenvalue weighted by atomic mass is 19.4. The van der Waals surface area contributed by atoms with Crippen LogP contribution in [0, 0.1) is 6.42 Å². The molecule has 1 radical (unpaired) electrons. The average molecular weight is 167 g/mol. The topological polar surface area (TPSA) is 9.23 Å². The summed E-state index contributed by atoms with van der Waals surface area (Å²) in [6.45, 7) is 0. The van der Waals surface area contributed by atoms with Crippen LogP contribution in [0.1, 0.15) is 25.7 Å². The molecule has 0 amide bonds. The van der Waals surface area contributed by atoms with E-state index < -0.39 is 12.5 Å². The number of hydrogen-bond donors (Lipinski definition) is 0. The van der Waals surface area contributed by atoms with Crippen molar-refractivity contribution in [2.45, 2.75) is 38.1 Å². The van der Waals surface area contributed by atoms with E-state index in [0.29, 0.717) is 12.8 Å². The Balaban J connectivity index is 2.24. The van der Waals surface area contributed by atoms with Gasteiger partial charge in [0.1, 0.15) is 0 Å². The predicted octanol–water partition coefficient (Wildman–Crippen LogP) is 2.67. The minimum atomic E-state index is -4.46. The van der Waals surface area contributed by atoms with Gasteiger partial charge in [0.15, 0.2) is 0 Å². The zero-order valence-corrected chi connectivity index (χ0v) is 6.03. The minimum Gasteiger partial charge on any atom is -0.289 e. The number of alkyl halides is 3. The fourth-order valence-electron chi connectivity index (χ4n) is 1.20. The quantitative estimate of drug-likeness (QED) is 0.583. The molecule has 65 valence electrons. The van der Waals surface area contributed by atoms with Crippen LogP contribution in [-0.2, 0) is 4.74 Å². The highest BCUT2D eigenvalue weighted by Gasteiger charge is 2.33. The molecular formula is C7H10F3O. The molecule has 0 unspecified atom stereocenters. The lowest BCUT2D eigenvalue weighted by Crippen LogP contribution is -2.25. The second-order valence-electron chi connectivity index (χ2n) is 2.63. The Morgan fingerprint density at radius 3 is 2.18 bits per heavy atom. The fourth-order valence-corrected chi connectivity index (χ4v) is 1.20. The van der Waals surface area contributed by atoms with Crippen molar-refractivity contribution in [3.63, 3.8) is 0 Å². The van der Waals surface area contributed by atoms with Crippen molar-refractivity contribution in [2.24, 2.45) is 0 Å². The molecule has 1 rings (SSSR count). The van der Waals surface area contributed by atoms with Crippen LogP contribution in [0.3, 0.4) is 0 Å². The summed E-state index contributed by atoms with van der Waals surface area (Å²) in [5, 5.41) is 0. The molecule has 0 aromatic heterocycles. The Kier molecular flexibility index (Phi) is 2.76. The summed E-state index contributed by atoms with van der Waals surface area (Å²) < 4.78 is 38.7. The van der Waals surface area contributed by atoms with E-state index in [2.05, 4.69) is 4.74 Å². The molecule has 0 heterocycles. The molecule has 0 saturated heterocycles. The Morgan fingerprint density at radius 2 is 1.73 bits per heavy atom. The van der Waals surface area contributed by atoms with Crippen molar-refractivity contribution in [1.29, 1.82) is 0 Å². The molecule has 4 heteroatoms. The summed E-state index contributed by atoms with van der Waals surface area (Å²) in [5.41, 5.74) is 0. The minimum absolute atomic E-state index is 0.500. The summed E-state index contributed by atoms with van der Waals surface area (Å²) in [5.74, 6) is 0. The van der Waals surface area contributed by atoms with Crippen LogP contribution in [0.15, 0.2) is 0 Å². The van der Waals surface area contributed by atoms with Crippen molar-refractivity contribution >= 4 is 0 Å². The van der Waals surface area contributed by atoms with E-state index in [9.17, 15) is 13.2 Å². The molecule has 0 spiro atoms. The monoisotopic (exact) mass is 167 g/mol. The third kappa shape index (κ3) is 3.60. The summed E-state index contributed by atoms with van der Waals surface area (Å²) in [6, 6.07) is 0. The first-order chi connectivity index (χ1) is 5.08. The van der Waals surface area contributed by atoms with Crippen molar-refractivity contribution in [3.05, 3.63) is 6.42 Å². The zero-order chi connectivity index (χ0) is 8.32. The number of halogens is 3. The molecule has 11 heavy (non-hydrogen) atoms. The van der Waals surface area contributed by atoms with E-state index in [1.165, 1.54) is 0 Å². The summed E-state index contributed by atoms with van der Waals surface area (Å²) >= 11 is 0. The van der Waals surface area contributed by atoms with Gasteiger partial charge in [0, 0.05) is 0 Å². The van der Waals surface area contributed by atoms with E-state index in [0.717, 1.165) is 12.8 Å². The molecule has 1 fully saturated rings. The van der Waals surface area contributed by atoms with Gasteiger partial charge in [0.25, 0.3) is 0 Å². The summed E-state index contributed by atoms with van der Waals surface area (Å²) in [7, 11) is 0. The molecule has 0 bridgehead atoms. The van der Waals surface area contributed by atoms with E-state index in [-0.39, 0.29) is 0 Å². The first-order valence-electron chi connectivity index (χ1n) is 3.64. The lowest BCUT2D eigenvalue weighted by molar-refractivity contribution is -0.344. The third-order valence-electron chi connectivity index (χ3n) is 1.69. The molecule has 0 aliphatic heterocycles. The predicted molar refractivity (Wildman–Crippen MR) is 33.7 cm³/mol. The molecule has 0 aromatic carbocycles. The Bertz CT molecular complexity index is 115. The van der Waals surface area contributed by atoms with Crippen molar-refractivity contribution in [3.8, 4) is 0 Å². The highest BCUT2D eigenvalue weighted by Crippen LogP contribution is 2.26. The molecule has 0 N–H and O–H groups in total. The number of ether oxygens (including phenoxy) is 1. The summed E-state index contributed by atoms with van der Waals surface area (Å²) in [6.07, 6.45) is -0.598. The maximum atomic E-state index is 11.6. The molecule has 0 atom stereocenters. The van der Waals surface area contributed by atoms with Gasteiger partial charge in [-0.15, -0.1) is 13.2 Å². The van der Waals surface area contributed by atoms with E-state index in [1.807, 2.05) is 6.42 Å². The first kappa shape index (κ1) is 8.84. The molecular weight excluding hydrogens is 157 g/mol. The second kappa shape index (κ2) is 3.43. The molecule has 0 aromatic rings. The Hall–Kier alpha value is -0.250. The van der Waals surface area contributed by atoms with Crippen LogP contribution in [-0.4, -0.2) is 12.5 Å². The van der Waals surface area contributed by atoms with Crippen LogP contribution in [0.2, 0.25) is 0 Å². The van der Waals surface area contributed by atoms with E-state index >= 15 is 0 Å². The van der Waals surface area contributed by atoms with Crippen LogP contribution in [0.4, 0.5) is 13.2 Å². The van der Waals surface area contributed by atoms with Crippen LogP contribution >= 0.6 is 0 Å². The Labute approximate surface area is 63.5 Å². The van der Waals surface area contributed by atoms with Crippen molar-refractivity contribution in [2.75, 3.05) is 0 Å². The van der Waals surface area contributed by atoms with Crippen molar-refractivity contribution < 1.29 is 17.9 Å².